The summed E-state index contributed by atoms with van der Waals surface area (Å²) in [4.78, 5) is 4.26. The lowest BCUT2D eigenvalue weighted by atomic mass is 10.1. The third kappa shape index (κ3) is 4.51. The lowest BCUT2D eigenvalue weighted by molar-refractivity contribution is 0.438. The predicted octanol–water partition coefficient (Wildman–Crippen LogP) is 4.84. The molecule has 21 heavy (non-hydrogen) atoms. The first kappa shape index (κ1) is 15.9. The molecule has 1 aromatic carbocycles. The largest absolute Gasteiger partial charge is 0.439 e. The molecule has 0 amide bonds. The van der Waals surface area contributed by atoms with Crippen molar-refractivity contribution in [3.63, 3.8) is 0 Å². The van der Waals surface area contributed by atoms with Gasteiger partial charge in [-0.15, -0.1) is 0 Å². The highest BCUT2D eigenvalue weighted by molar-refractivity contribution is 9.10. The molecule has 1 atom stereocenters. The predicted molar refractivity (Wildman–Crippen MR) is 85.1 cm³/mol. The Kier molecular flexibility index (Phi) is 5.70. The first-order chi connectivity index (χ1) is 10.1. The monoisotopic (exact) mass is 352 g/mol. The molecule has 0 bridgehead atoms. The fourth-order valence-corrected chi connectivity index (χ4v) is 2.43. The van der Waals surface area contributed by atoms with Crippen molar-refractivity contribution in [2.45, 2.75) is 26.3 Å². The van der Waals surface area contributed by atoms with Gasteiger partial charge in [0.05, 0.1) is 0 Å². The van der Waals surface area contributed by atoms with Gasteiger partial charge in [-0.05, 0) is 38.1 Å². The van der Waals surface area contributed by atoms with E-state index in [0.29, 0.717) is 16.1 Å². The minimum absolute atomic E-state index is 0.116. The van der Waals surface area contributed by atoms with Crippen LogP contribution in [0.1, 0.15) is 31.9 Å². The normalized spacial score (nSPS) is 12.2. The maximum atomic E-state index is 13.4. The number of hydrogen-bond donors (Lipinski definition) is 1. The van der Waals surface area contributed by atoms with Crippen molar-refractivity contribution < 1.29 is 9.13 Å². The van der Waals surface area contributed by atoms with E-state index in [2.05, 4.69) is 40.1 Å². The van der Waals surface area contributed by atoms with E-state index in [1.165, 1.54) is 12.1 Å². The first-order valence-corrected chi connectivity index (χ1v) is 7.71. The molecule has 0 spiro atoms. The van der Waals surface area contributed by atoms with Crippen molar-refractivity contribution in [2.24, 2.45) is 0 Å². The molecule has 0 fully saturated rings. The van der Waals surface area contributed by atoms with E-state index in [0.717, 1.165) is 18.5 Å². The minimum Gasteiger partial charge on any atom is -0.439 e. The van der Waals surface area contributed by atoms with Crippen molar-refractivity contribution in [1.29, 1.82) is 0 Å². The van der Waals surface area contributed by atoms with Crippen molar-refractivity contribution in [3.8, 4) is 11.6 Å². The van der Waals surface area contributed by atoms with Crippen molar-refractivity contribution in [2.75, 3.05) is 6.54 Å². The lowest BCUT2D eigenvalue weighted by Crippen LogP contribution is -2.20. The number of aromatic nitrogens is 1. The number of halogens is 2. The van der Waals surface area contributed by atoms with E-state index >= 15 is 0 Å². The van der Waals surface area contributed by atoms with Gasteiger partial charge in [0, 0.05) is 28.3 Å². The Labute approximate surface area is 132 Å². The Morgan fingerprint density at radius 1 is 1.38 bits per heavy atom. The van der Waals surface area contributed by atoms with Gasteiger partial charge < -0.3 is 10.1 Å². The second-order valence-electron chi connectivity index (χ2n) is 4.78. The molecule has 0 saturated heterocycles. The third-order valence-electron chi connectivity index (χ3n) is 3.02. The van der Waals surface area contributed by atoms with Crippen molar-refractivity contribution >= 4 is 15.9 Å². The summed E-state index contributed by atoms with van der Waals surface area (Å²) in [6.45, 7) is 5.09. The Balaban J connectivity index is 2.23. The van der Waals surface area contributed by atoms with Crippen LogP contribution in [0, 0.1) is 5.82 Å². The summed E-state index contributed by atoms with van der Waals surface area (Å²) in [5.74, 6) is 0.560. The highest BCUT2D eigenvalue weighted by atomic mass is 79.9. The fourth-order valence-electron chi connectivity index (χ4n) is 1.99. The third-order valence-corrected chi connectivity index (χ3v) is 3.48. The Bertz CT molecular complexity index is 586. The standard InChI is InChI=1S/C16H18BrFN2O/c1-3-6-19-11(2)15-5-4-7-20-16(15)21-14-9-12(17)8-13(18)10-14/h4-5,7-11,19H,3,6H2,1-2H3. The molecular formula is C16H18BrFN2O. The average molecular weight is 353 g/mol. The molecule has 0 radical (unpaired) electrons. The molecular weight excluding hydrogens is 335 g/mol. The zero-order valence-electron chi connectivity index (χ0n) is 12.1. The molecule has 1 unspecified atom stereocenters. The van der Waals surface area contributed by atoms with Gasteiger partial charge in [-0.1, -0.05) is 28.9 Å². The van der Waals surface area contributed by atoms with Crippen LogP contribution in [-0.4, -0.2) is 11.5 Å². The summed E-state index contributed by atoms with van der Waals surface area (Å²) in [6, 6.07) is 8.39. The number of benzene rings is 1. The topological polar surface area (TPSA) is 34.2 Å². The molecule has 1 heterocycles. The average Bonchev–Trinajstić information content (AvgIpc) is 2.44. The van der Waals surface area contributed by atoms with Gasteiger partial charge in [-0.25, -0.2) is 9.37 Å². The van der Waals surface area contributed by atoms with Gasteiger partial charge in [0.15, 0.2) is 0 Å². The van der Waals surface area contributed by atoms with Crippen LogP contribution in [0.4, 0.5) is 4.39 Å². The van der Waals surface area contributed by atoms with Crippen LogP contribution < -0.4 is 10.1 Å². The summed E-state index contributed by atoms with van der Waals surface area (Å²) in [7, 11) is 0. The van der Waals surface area contributed by atoms with E-state index in [1.54, 1.807) is 12.3 Å². The van der Waals surface area contributed by atoms with Gasteiger partial charge >= 0.3 is 0 Å². The minimum atomic E-state index is -0.353. The number of nitrogens with one attached hydrogen (secondary N) is 1. The second kappa shape index (κ2) is 7.52. The summed E-state index contributed by atoms with van der Waals surface area (Å²) >= 11 is 3.26. The second-order valence-corrected chi connectivity index (χ2v) is 5.70. The Hall–Kier alpha value is -1.46. The van der Waals surface area contributed by atoms with Gasteiger partial charge in [0.1, 0.15) is 11.6 Å². The highest BCUT2D eigenvalue weighted by Gasteiger charge is 2.13. The molecule has 0 aliphatic heterocycles. The van der Waals surface area contributed by atoms with Crippen LogP contribution >= 0.6 is 15.9 Å². The van der Waals surface area contributed by atoms with Crippen molar-refractivity contribution in [3.05, 3.63) is 52.4 Å². The molecule has 2 aromatic rings. The summed E-state index contributed by atoms with van der Waals surface area (Å²) < 4.78 is 19.8. The summed E-state index contributed by atoms with van der Waals surface area (Å²) in [5, 5.41) is 3.39. The van der Waals surface area contributed by atoms with Crippen LogP contribution in [-0.2, 0) is 0 Å². The number of hydrogen-bond acceptors (Lipinski definition) is 3. The zero-order chi connectivity index (χ0) is 15.2. The quantitative estimate of drug-likeness (QED) is 0.807. The molecule has 1 N–H and O–H groups in total. The molecule has 1 aromatic heterocycles. The molecule has 2 rings (SSSR count). The van der Waals surface area contributed by atoms with Gasteiger partial charge in [0.25, 0.3) is 0 Å². The highest BCUT2D eigenvalue weighted by Crippen LogP contribution is 2.29. The summed E-state index contributed by atoms with van der Waals surface area (Å²) in [6.07, 6.45) is 2.72. The van der Waals surface area contributed by atoms with Crippen LogP contribution in [0.2, 0.25) is 0 Å². The van der Waals surface area contributed by atoms with Gasteiger partial charge in [-0.3, -0.25) is 0 Å². The van der Waals surface area contributed by atoms with Crippen LogP contribution in [0.25, 0.3) is 0 Å². The molecule has 112 valence electrons. The van der Waals surface area contributed by atoms with Crippen LogP contribution in [0.3, 0.4) is 0 Å². The van der Waals surface area contributed by atoms with E-state index in [1.807, 2.05) is 12.1 Å². The maximum absolute atomic E-state index is 13.4. The van der Waals surface area contributed by atoms with E-state index in [4.69, 9.17) is 4.74 Å². The molecule has 0 aliphatic rings. The molecule has 5 heteroatoms. The molecule has 3 nitrogen and oxygen atoms in total. The smallest absolute Gasteiger partial charge is 0.223 e. The summed E-state index contributed by atoms with van der Waals surface area (Å²) in [5.41, 5.74) is 0.950. The van der Waals surface area contributed by atoms with Crippen LogP contribution in [0.15, 0.2) is 41.0 Å². The van der Waals surface area contributed by atoms with Crippen LogP contribution in [0.5, 0.6) is 11.6 Å². The number of nitrogens with zero attached hydrogens (tertiary/aromatic N) is 1. The fraction of sp³-hybridized carbons (Fsp3) is 0.312. The lowest BCUT2D eigenvalue weighted by Gasteiger charge is -2.17. The van der Waals surface area contributed by atoms with Gasteiger partial charge in [-0.2, -0.15) is 0 Å². The Morgan fingerprint density at radius 2 is 2.19 bits per heavy atom. The maximum Gasteiger partial charge on any atom is 0.223 e. The Morgan fingerprint density at radius 3 is 2.90 bits per heavy atom. The number of rotatable bonds is 6. The van der Waals surface area contributed by atoms with Gasteiger partial charge in [0.2, 0.25) is 5.88 Å². The van der Waals surface area contributed by atoms with E-state index in [9.17, 15) is 4.39 Å². The number of ether oxygens (including phenoxy) is 1. The van der Waals surface area contributed by atoms with Crippen molar-refractivity contribution in [1.82, 2.24) is 10.3 Å². The zero-order valence-corrected chi connectivity index (χ0v) is 13.7. The van der Waals surface area contributed by atoms with E-state index in [-0.39, 0.29) is 11.9 Å². The first-order valence-electron chi connectivity index (χ1n) is 6.92. The number of pyridine rings is 1. The van der Waals surface area contributed by atoms with E-state index < -0.39 is 0 Å². The molecule has 0 aliphatic carbocycles. The SMILES string of the molecule is CCCNC(C)c1cccnc1Oc1cc(F)cc(Br)c1. The molecule has 0 saturated carbocycles.